The second-order valence-electron chi connectivity index (χ2n) is 7.71. The Morgan fingerprint density at radius 1 is 1.19 bits per heavy atom. The molecule has 144 valence electrons. The third-order valence-electron chi connectivity index (χ3n) is 4.09. The van der Waals surface area contributed by atoms with E-state index in [1.54, 1.807) is 0 Å². The van der Waals surface area contributed by atoms with Crippen molar-refractivity contribution in [3.05, 3.63) is 35.8 Å². The van der Waals surface area contributed by atoms with Crippen LogP contribution in [0.4, 0.5) is 5.69 Å². The topological polar surface area (TPSA) is 94.1 Å². The van der Waals surface area contributed by atoms with Crippen LogP contribution in [0.5, 0.6) is 0 Å². The van der Waals surface area contributed by atoms with Gasteiger partial charge in [-0.15, -0.1) is 0 Å². The number of aromatic nitrogens is 3. The molecule has 3 aromatic rings. The molecular weight excluding hydrogens is 344 g/mol. The fourth-order valence-corrected chi connectivity index (χ4v) is 2.67. The van der Waals surface area contributed by atoms with Gasteiger partial charge >= 0.3 is 0 Å². The van der Waals surface area contributed by atoms with Crippen molar-refractivity contribution in [2.45, 2.75) is 65.2 Å². The van der Waals surface area contributed by atoms with Gasteiger partial charge in [0.05, 0.1) is 0 Å². The van der Waals surface area contributed by atoms with Crippen molar-refractivity contribution in [1.29, 1.82) is 0 Å². The van der Waals surface area contributed by atoms with Gasteiger partial charge in [0.15, 0.2) is 11.4 Å². The first-order valence-electron chi connectivity index (χ1n) is 9.37. The van der Waals surface area contributed by atoms with E-state index in [1.165, 1.54) is 0 Å². The molecule has 0 aliphatic carbocycles. The maximum atomic E-state index is 12.2. The molecule has 2 aromatic heterocycles. The lowest BCUT2D eigenvalue weighted by molar-refractivity contribution is -0.116. The second-order valence-corrected chi connectivity index (χ2v) is 7.71. The summed E-state index contributed by atoms with van der Waals surface area (Å²) in [6, 6.07) is 5.49. The van der Waals surface area contributed by atoms with E-state index in [-0.39, 0.29) is 11.3 Å². The van der Waals surface area contributed by atoms with Crippen LogP contribution < -0.4 is 5.32 Å². The van der Waals surface area contributed by atoms with Crippen LogP contribution >= 0.6 is 0 Å². The number of carbonyl (C=O) groups excluding carboxylic acids is 1. The van der Waals surface area contributed by atoms with Gasteiger partial charge in [-0.25, -0.2) is 4.98 Å². The Kier molecular flexibility index (Phi) is 5.58. The predicted octanol–water partition coefficient (Wildman–Crippen LogP) is 4.42. The van der Waals surface area contributed by atoms with Gasteiger partial charge in [-0.05, 0) is 31.0 Å². The number of fused-ring (bicyclic) bond motifs is 1. The number of benzene rings is 1. The molecule has 2 heterocycles. The van der Waals surface area contributed by atoms with E-state index in [0.29, 0.717) is 36.7 Å². The molecular formula is C20H26N4O3. The number of rotatable bonds is 7. The summed E-state index contributed by atoms with van der Waals surface area (Å²) in [6.45, 7) is 8.22. The van der Waals surface area contributed by atoms with E-state index in [4.69, 9.17) is 8.94 Å². The van der Waals surface area contributed by atoms with Gasteiger partial charge in [0, 0.05) is 30.4 Å². The Balaban J connectivity index is 1.54. The number of aryl methyl sites for hydroxylation is 2. The highest BCUT2D eigenvalue weighted by Gasteiger charge is 2.21. The molecule has 7 heteroatoms. The van der Waals surface area contributed by atoms with Crippen LogP contribution in [0.1, 0.15) is 64.6 Å². The Labute approximate surface area is 158 Å². The molecule has 0 bridgehead atoms. The second kappa shape index (κ2) is 7.90. The number of anilines is 1. The molecule has 3 rings (SSSR count). The molecule has 1 N–H and O–H groups in total. The van der Waals surface area contributed by atoms with Crippen LogP contribution in [-0.2, 0) is 23.1 Å². The van der Waals surface area contributed by atoms with Crippen molar-refractivity contribution in [3.63, 3.8) is 0 Å². The highest BCUT2D eigenvalue weighted by atomic mass is 16.5. The van der Waals surface area contributed by atoms with Crippen molar-refractivity contribution >= 4 is 22.7 Å². The number of nitrogens with one attached hydrogen (secondary N) is 1. The SMILES string of the molecule is CCCc1noc(CCCC(=O)Nc2ccc3oc(C(C)(C)C)nc3c2)n1. The highest BCUT2D eigenvalue weighted by molar-refractivity contribution is 5.92. The molecule has 0 aliphatic rings. The molecule has 0 aliphatic heterocycles. The first-order valence-corrected chi connectivity index (χ1v) is 9.37. The standard InChI is InChI=1S/C20H26N4O3/c1-5-7-16-23-18(27-24-16)9-6-8-17(25)21-13-10-11-15-14(12-13)22-19(26-15)20(2,3)4/h10-12H,5-9H2,1-4H3,(H,21,25). The molecule has 0 unspecified atom stereocenters. The average molecular weight is 370 g/mol. The number of oxazole rings is 1. The van der Waals surface area contributed by atoms with Crippen LogP contribution in [-0.4, -0.2) is 21.0 Å². The minimum atomic E-state index is -0.159. The first kappa shape index (κ1) is 19.1. The van der Waals surface area contributed by atoms with E-state index in [9.17, 15) is 4.79 Å². The molecule has 0 radical (unpaired) electrons. The molecule has 0 atom stereocenters. The zero-order valence-electron chi connectivity index (χ0n) is 16.3. The minimum Gasteiger partial charge on any atom is -0.440 e. The van der Waals surface area contributed by atoms with Gasteiger partial charge in [-0.2, -0.15) is 4.98 Å². The highest BCUT2D eigenvalue weighted by Crippen LogP contribution is 2.27. The smallest absolute Gasteiger partial charge is 0.226 e. The van der Waals surface area contributed by atoms with Crippen LogP contribution in [0.3, 0.4) is 0 Å². The summed E-state index contributed by atoms with van der Waals surface area (Å²) in [6.07, 6.45) is 3.43. The van der Waals surface area contributed by atoms with Crippen molar-refractivity contribution in [2.24, 2.45) is 0 Å². The molecule has 0 saturated carbocycles. The zero-order chi connectivity index (χ0) is 19.4. The molecule has 0 fully saturated rings. The van der Waals surface area contributed by atoms with Crippen LogP contribution in [0.15, 0.2) is 27.1 Å². The summed E-state index contributed by atoms with van der Waals surface area (Å²) in [5.74, 6) is 1.95. The first-order chi connectivity index (χ1) is 12.8. The van der Waals surface area contributed by atoms with E-state index >= 15 is 0 Å². The quantitative estimate of drug-likeness (QED) is 0.661. The number of hydrogen-bond donors (Lipinski definition) is 1. The number of hydrogen-bond acceptors (Lipinski definition) is 6. The van der Waals surface area contributed by atoms with E-state index in [1.807, 2.05) is 18.2 Å². The Hall–Kier alpha value is -2.70. The fourth-order valence-electron chi connectivity index (χ4n) is 2.67. The lowest BCUT2D eigenvalue weighted by Gasteiger charge is -2.11. The van der Waals surface area contributed by atoms with Gasteiger partial charge in [0.2, 0.25) is 17.7 Å². The molecule has 0 saturated heterocycles. The number of carbonyl (C=O) groups is 1. The van der Waals surface area contributed by atoms with Gasteiger partial charge in [0.1, 0.15) is 5.52 Å². The molecule has 0 spiro atoms. The van der Waals surface area contributed by atoms with E-state index in [2.05, 4.69) is 48.1 Å². The summed E-state index contributed by atoms with van der Waals surface area (Å²) in [7, 11) is 0. The summed E-state index contributed by atoms with van der Waals surface area (Å²) < 4.78 is 11.0. The lowest BCUT2D eigenvalue weighted by atomic mass is 9.97. The molecule has 1 aromatic carbocycles. The average Bonchev–Trinajstić information content (AvgIpc) is 3.21. The van der Waals surface area contributed by atoms with Crippen molar-refractivity contribution in [2.75, 3.05) is 5.32 Å². The van der Waals surface area contributed by atoms with Crippen molar-refractivity contribution in [3.8, 4) is 0 Å². The summed E-state index contributed by atoms with van der Waals surface area (Å²) >= 11 is 0. The zero-order valence-corrected chi connectivity index (χ0v) is 16.3. The van der Waals surface area contributed by atoms with Gasteiger partial charge in [-0.1, -0.05) is 32.9 Å². The molecule has 7 nitrogen and oxygen atoms in total. The Morgan fingerprint density at radius 3 is 2.74 bits per heavy atom. The molecule has 1 amide bonds. The third kappa shape index (κ3) is 4.93. The largest absolute Gasteiger partial charge is 0.440 e. The van der Waals surface area contributed by atoms with Gasteiger partial charge in [0.25, 0.3) is 0 Å². The fraction of sp³-hybridized carbons (Fsp3) is 0.500. The monoisotopic (exact) mass is 370 g/mol. The summed E-state index contributed by atoms with van der Waals surface area (Å²) in [5.41, 5.74) is 2.02. The normalized spacial score (nSPS) is 11.9. The van der Waals surface area contributed by atoms with Crippen LogP contribution in [0.25, 0.3) is 11.1 Å². The van der Waals surface area contributed by atoms with E-state index in [0.717, 1.165) is 29.8 Å². The van der Waals surface area contributed by atoms with Crippen molar-refractivity contribution < 1.29 is 13.7 Å². The van der Waals surface area contributed by atoms with Crippen LogP contribution in [0.2, 0.25) is 0 Å². The van der Waals surface area contributed by atoms with Crippen molar-refractivity contribution in [1.82, 2.24) is 15.1 Å². The minimum absolute atomic E-state index is 0.0535. The van der Waals surface area contributed by atoms with Gasteiger partial charge < -0.3 is 14.3 Å². The lowest BCUT2D eigenvalue weighted by Crippen LogP contribution is -2.11. The van der Waals surface area contributed by atoms with Gasteiger partial charge in [-0.3, -0.25) is 4.79 Å². The predicted molar refractivity (Wildman–Crippen MR) is 103 cm³/mol. The third-order valence-corrected chi connectivity index (χ3v) is 4.09. The summed E-state index contributed by atoms with van der Waals surface area (Å²) in [5, 5.41) is 6.82. The Bertz CT molecular complexity index is 921. The Morgan fingerprint density at radius 2 is 2.00 bits per heavy atom. The van der Waals surface area contributed by atoms with Crippen LogP contribution in [0, 0.1) is 0 Å². The maximum absolute atomic E-state index is 12.2. The number of nitrogens with zero attached hydrogens (tertiary/aromatic N) is 3. The maximum Gasteiger partial charge on any atom is 0.226 e. The van der Waals surface area contributed by atoms with E-state index < -0.39 is 0 Å². The molecule has 27 heavy (non-hydrogen) atoms. The number of amides is 1. The summed E-state index contributed by atoms with van der Waals surface area (Å²) in [4.78, 5) is 21.0.